The number of Topliss-reactive ketones (excluding diaryl/α,β-unsaturated/α-hetero) is 1. The van der Waals surface area contributed by atoms with Crippen molar-refractivity contribution in [3.63, 3.8) is 0 Å². The average Bonchev–Trinajstić information content (AvgIpc) is 3.33. The number of carbonyl (C=O) groups is 3. The highest BCUT2D eigenvalue weighted by molar-refractivity contribution is 7.08. The highest BCUT2D eigenvalue weighted by Crippen LogP contribution is 2.52. The lowest BCUT2D eigenvalue weighted by Crippen LogP contribution is -2.53. The van der Waals surface area contributed by atoms with Crippen LogP contribution in [0.4, 0.5) is 0 Å². The number of thiophene rings is 1. The van der Waals surface area contributed by atoms with E-state index >= 15 is 0 Å². The summed E-state index contributed by atoms with van der Waals surface area (Å²) in [5.74, 6) is -3.55. The Bertz CT molecular complexity index is 1280. The Hall–Kier alpha value is -2.71. The van der Waals surface area contributed by atoms with E-state index < -0.39 is 90.1 Å². The largest absolute Gasteiger partial charge is 0.507 e. The van der Waals surface area contributed by atoms with Gasteiger partial charge in [0.25, 0.3) is 0 Å². The molecule has 1 aromatic carbocycles. The minimum absolute atomic E-state index is 0.0388. The molecular weight excluding hydrogens is 494 g/mol. The molecule has 192 valence electrons. The van der Waals surface area contributed by atoms with Crippen molar-refractivity contribution in [3.05, 3.63) is 44.1 Å². The summed E-state index contributed by atoms with van der Waals surface area (Å²) in [5.41, 5.74) is 2.91. The summed E-state index contributed by atoms with van der Waals surface area (Å²) in [5, 5.41) is 56.1. The van der Waals surface area contributed by atoms with Crippen LogP contribution in [0.5, 0.6) is 11.5 Å². The molecule has 0 saturated carbocycles. The van der Waals surface area contributed by atoms with Crippen LogP contribution in [0.15, 0.2) is 10.8 Å². The molecule has 11 nitrogen and oxygen atoms in total. The average molecular weight is 520 g/mol. The zero-order valence-corrected chi connectivity index (χ0v) is 19.9. The van der Waals surface area contributed by atoms with E-state index in [-0.39, 0.29) is 34.2 Å². The van der Waals surface area contributed by atoms with Crippen LogP contribution in [0, 0.1) is 0 Å². The molecule has 1 aliphatic heterocycles. The number of hydrogen-bond acceptors (Lipinski definition) is 12. The number of hydrogen-bond donors (Lipinski definition) is 6. The Kier molecular flexibility index (Phi) is 6.03. The number of ether oxygens (including phenoxy) is 2. The fourth-order valence-corrected chi connectivity index (χ4v) is 6.09. The molecule has 3 aliphatic rings. The third-order valence-corrected chi connectivity index (χ3v) is 7.98. The molecule has 0 radical (unpaired) electrons. The summed E-state index contributed by atoms with van der Waals surface area (Å²) in [4.78, 5) is 38.9. The number of carbonyl (C=O) groups excluding carboxylic acids is 3. The topological polar surface area (TPSA) is 197 Å². The van der Waals surface area contributed by atoms with Crippen molar-refractivity contribution in [2.75, 3.05) is 6.61 Å². The van der Waals surface area contributed by atoms with Crippen molar-refractivity contribution in [3.8, 4) is 11.5 Å². The maximum absolute atomic E-state index is 13.2. The van der Waals surface area contributed by atoms with Gasteiger partial charge in [0.15, 0.2) is 23.6 Å². The molecule has 0 spiro atoms. The fraction of sp³-hybridized carbons (Fsp3) is 0.458. The van der Waals surface area contributed by atoms with Crippen molar-refractivity contribution >= 4 is 28.7 Å². The predicted molar refractivity (Wildman–Crippen MR) is 123 cm³/mol. The summed E-state index contributed by atoms with van der Waals surface area (Å²) in [6.07, 6.45) is -4.92. The molecule has 0 amide bonds. The van der Waals surface area contributed by atoms with Crippen molar-refractivity contribution in [2.45, 2.75) is 62.4 Å². The van der Waals surface area contributed by atoms with Crippen LogP contribution in [0.2, 0.25) is 0 Å². The standard InChI is InChI=1S/C24H25NO10S/c1-8-19(28)12(25)2-15(34-8)35-13-4-24(33,14(27)5-26)3-9-16(13)23(32)18-17(20(9)29)21(30)10-6-36-7-11(10)22(18)31/h6-8,12-13,15,19,26,28-29,32-33H,2-5,25H2,1H3/t8-,12-,13+,15-,19+,24+/m0/s1. The second kappa shape index (κ2) is 8.70. The van der Waals surface area contributed by atoms with Gasteiger partial charge in [-0.05, 0) is 6.92 Å². The molecule has 36 heavy (non-hydrogen) atoms. The third-order valence-electron chi connectivity index (χ3n) is 7.24. The van der Waals surface area contributed by atoms with Crippen LogP contribution in [-0.2, 0) is 20.7 Å². The van der Waals surface area contributed by atoms with E-state index in [4.69, 9.17) is 15.2 Å². The molecule has 6 atom stereocenters. The van der Waals surface area contributed by atoms with Gasteiger partial charge in [-0.3, -0.25) is 14.4 Å². The monoisotopic (exact) mass is 519 g/mol. The number of rotatable bonds is 4. The summed E-state index contributed by atoms with van der Waals surface area (Å²) >= 11 is 1.12. The van der Waals surface area contributed by atoms with Gasteiger partial charge < -0.3 is 40.7 Å². The molecule has 12 heteroatoms. The second-order valence-corrected chi connectivity index (χ2v) is 10.2. The van der Waals surface area contributed by atoms with Gasteiger partial charge >= 0.3 is 0 Å². The number of aliphatic hydroxyl groups excluding tert-OH is 2. The Morgan fingerprint density at radius 2 is 1.81 bits per heavy atom. The van der Waals surface area contributed by atoms with E-state index in [1.54, 1.807) is 6.92 Å². The number of ketones is 3. The fourth-order valence-electron chi connectivity index (χ4n) is 5.28. The smallest absolute Gasteiger partial charge is 0.199 e. The van der Waals surface area contributed by atoms with E-state index in [0.717, 1.165) is 11.3 Å². The lowest BCUT2D eigenvalue weighted by molar-refractivity contribution is -0.247. The van der Waals surface area contributed by atoms with Gasteiger partial charge in [-0.25, -0.2) is 0 Å². The van der Waals surface area contributed by atoms with Gasteiger partial charge in [0, 0.05) is 58.3 Å². The van der Waals surface area contributed by atoms with Crippen LogP contribution in [0.25, 0.3) is 0 Å². The highest BCUT2D eigenvalue weighted by Gasteiger charge is 2.50. The van der Waals surface area contributed by atoms with Crippen LogP contribution < -0.4 is 5.73 Å². The summed E-state index contributed by atoms with van der Waals surface area (Å²) in [6, 6.07) is -0.707. The summed E-state index contributed by atoms with van der Waals surface area (Å²) in [6.45, 7) is 0.586. The van der Waals surface area contributed by atoms with Gasteiger partial charge in [0.05, 0.1) is 29.4 Å². The quantitative estimate of drug-likeness (QED) is 0.255. The van der Waals surface area contributed by atoms with Gasteiger partial charge in [-0.15, -0.1) is 0 Å². The van der Waals surface area contributed by atoms with Crippen LogP contribution >= 0.6 is 11.3 Å². The lowest BCUT2D eigenvalue weighted by Gasteiger charge is -2.42. The molecule has 2 aromatic rings. The molecule has 1 saturated heterocycles. The molecule has 2 aliphatic carbocycles. The van der Waals surface area contributed by atoms with E-state index in [9.17, 15) is 39.9 Å². The molecule has 0 bridgehead atoms. The van der Waals surface area contributed by atoms with Crippen LogP contribution in [0.1, 0.15) is 68.8 Å². The van der Waals surface area contributed by atoms with Gasteiger partial charge in [0.2, 0.25) is 0 Å². The van der Waals surface area contributed by atoms with Gasteiger partial charge in [0.1, 0.15) is 23.7 Å². The van der Waals surface area contributed by atoms with Crippen LogP contribution in [-0.4, -0.2) is 79.6 Å². The van der Waals surface area contributed by atoms with E-state index in [1.807, 2.05) is 0 Å². The van der Waals surface area contributed by atoms with Crippen molar-refractivity contribution in [1.29, 1.82) is 0 Å². The Morgan fingerprint density at radius 3 is 2.39 bits per heavy atom. The first kappa shape index (κ1) is 25.0. The number of aromatic hydroxyl groups is 2. The molecule has 1 fully saturated rings. The molecule has 7 N–H and O–H groups in total. The molecule has 5 rings (SSSR count). The first-order chi connectivity index (χ1) is 17.0. The molecule has 1 aromatic heterocycles. The normalized spacial score (nSPS) is 31.5. The first-order valence-corrected chi connectivity index (χ1v) is 12.3. The van der Waals surface area contributed by atoms with Gasteiger partial charge in [-0.2, -0.15) is 11.3 Å². The van der Waals surface area contributed by atoms with E-state index in [1.165, 1.54) is 10.8 Å². The number of aliphatic hydroxyl groups is 3. The van der Waals surface area contributed by atoms with Crippen molar-refractivity contribution in [1.82, 2.24) is 0 Å². The zero-order chi connectivity index (χ0) is 26.1. The summed E-state index contributed by atoms with van der Waals surface area (Å²) in [7, 11) is 0. The van der Waals surface area contributed by atoms with Crippen molar-refractivity contribution < 1.29 is 49.4 Å². The minimum atomic E-state index is -2.21. The Labute approximate surface area is 208 Å². The number of phenols is 2. The number of nitrogens with two attached hydrogens (primary N) is 1. The Morgan fingerprint density at radius 1 is 1.19 bits per heavy atom. The highest BCUT2D eigenvalue weighted by atomic mass is 32.1. The molecule has 2 heterocycles. The predicted octanol–water partition coefficient (Wildman–Crippen LogP) is 0.0542. The van der Waals surface area contributed by atoms with Crippen molar-refractivity contribution in [2.24, 2.45) is 5.73 Å². The first-order valence-electron chi connectivity index (χ1n) is 11.4. The second-order valence-electron chi connectivity index (χ2n) is 9.48. The van der Waals surface area contributed by atoms with E-state index in [0.29, 0.717) is 0 Å². The number of fused-ring (bicyclic) bond motifs is 3. The van der Waals surface area contributed by atoms with Crippen LogP contribution in [0.3, 0.4) is 0 Å². The maximum atomic E-state index is 13.2. The summed E-state index contributed by atoms with van der Waals surface area (Å²) < 4.78 is 11.7. The number of phenolic OH excluding ortho intramolecular Hbond substituents is 2. The molecule has 0 unspecified atom stereocenters. The van der Waals surface area contributed by atoms with E-state index in [2.05, 4.69) is 0 Å². The minimum Gasteiger partial charge on any atom is -0.507 e. The number of benzene rings is 1. The Balaban J connectivity index is 1.66. The zero-order valence-electron chi connectivity index (χ0n) is 19.1. The van der Waals surface area contributed by atoms with Gasteiger partial charge in [-0.1, -0.05) is 0 Å². The third kappa shape index (κ3) is 3.60. The maximum Gasteiger partial charge on any atom is 0.199 e. The SMILES string of the molecule is C[C@@H]1O[C@@H](O[C@@H]2C[C@@](O)(C(=O)CO)Cc3c(O)c4c(c(O)c32)C(=O)c2cscc2C4=O)C[C@H](N)[C@@H]1O. The molecular formula is C24H25NO10S. The lowest BCUT2D eigenvalue weighted by atomic mass is 9.72.